The van der Waals surface area contributed by atoms with Crippen LogP contribution in [0.25, 0.3) is 6.08 Å². The molecular formula is C22H23NO5S. The van der Waals surface area contributed by atoms with Crippen molar-refractivity contribution in [2.75, 3.05) is 19.2 Å². The Hall–Kier alpha value is -2.80. The van der Waals surface area contributed by atoms with Gasteiger partial charge in [0.1, 0.15) is 5.00 Å². The second-order valence-electron chi connectivity index (χ2n) is 7.15. The van der Waals surface area contributed by atoms with Crippen LogP contribution in [0.15, 0.2) is 24.3 Å². The molecule has 4 rings (SSSR count). The van der Waals surface area contributed by atoms with E-state index in [1.807, 2.05) is 18.2 Å². The molecule has 29 heavy (non-hydrogen) atoms. The highest BCUT2D eigenvalue weighted by atomic mass is 32.1. The number of carbonyl (C=O) groups excluding carboxylic acids is 2. The van der Waals surface area contributed by atoms with E-state index in [0.717, 1.165) is 36.8 Å². The lowest BCUT2D eigenvalue weighted by Crippen LogP contribution is -2.15. The van der Waals surface area contributed by atoms with E-state index < -0.39 is 5.97 Å². The van der Waals surface area contributed by atoms with Crippen molar-refractivity contribution in [3.63, 3.8) is 0 Å². The van der Waals surface area contributed by atoms with Gasteiger partial charge in [-0.2, -0.15) is 0 Å². The van der Waals surface area contributed by atoms with Crippen LogP contribution in [0.3, 0.4) is 0 Å². The molecule has 1 amide bonds. The van der Waals surface area contributed by atoms with Crippen molar-refractivity contribution < 1.29 is 23.8 Å². The summed E-state index contributed by atoms with van der Waals surface area (Å²) in [6, 6.07) is 5.49. The molecule has 1 atom stereocenters. The Balaban J connectivity index is 1.53. The van der Waals surface area contributed by atoms with Crippen molar-refractivity contribution in [1.29, 1.82) is 0 Å². The van der Waals surface area contributed by atoms with Crippen molar-refractivity contribution in [3.8, 4) is 11.5 Å². The fourth-order valence-electron chi connectivity index (χ4n) is 3.75. The molecule has 0 saturated carbocycles. The zero-order valence-corrected chi connectivity index (χ0v) is 17.3. The molecule has 2 aromatic rings. The third-order valence-electron chi connectivity index (χ3n) is 5.39. The molecule has 1 N–H and O–H groups in total. The number of fused-ring (bicyclic) bond motifs is 2. The molecule has 1 aromatic carbocycles. The maximum Gasteiger partial charge on any atom is 0.341 e. The number of benzene rings is 1. The Morgan fingerprint density at radius 1 is 1.31 bits per heavy atom. The molecule has 0 unspecified atom stereocenters. The fourth-order valence-corrected chi connectivity index (χ4v) is 5.10. The quantitative estimate of drug-likeness (QED) is 0.580. The minimum Gasteiger partial charge on any atom is -0.465 e. The number of esters is 1. The Morgan fingerprint density at radius 3 is 2.93 bits per heavy atom. The van der Waals surface area contributed by atoms with Crippen LogP contribution in [0.2, 0.25) is 0 Å². The highest BCUT2D eigenvalue weighted by Crippen LogP contribution is 2.40. The van der Waals surface area contributed by atoms with Gasteiger partial charge in [0.2, 0.25) is 12.7 Å². The summed E-state index contributed by atoms with van der Waals surface area (Å²) in [5, 5.41) is 3.44. The zero-order chi connectivity index (χ0) is 20.4. The maximum absolute atomic E-state index is 12.5. The first-order valence-electron chi connectivity index (χ1n) is 9.70. The number of ether oxygens (including phenoxy) is 3. The summed E-state index contributed by atoms with van der Waals surface area (Å²) in [5.41, 5.74) is 2.36. The molecule has 6 nitrogen and oxygen atoms in total. The fraction of sp³-hybridized carbons (Fsp3) is 0.364. The lowest BCUT2D eigenvalue weighted by molar-refractivity contribution is -0.111. The van der Waals surface area contributed by atoms with Crippen LogP contribution in [-0.2, 0) is 22.4 Å². The van der Waals surface area contributed by atoms with Crippen LogP contribution in [0, 0.1) is 5.92 Å². The first-order valence-corrected chi connectivity index (χ1v) is 10.5. The average molecular weight is 413 g/mol. The minimum absolute atomic E-state index is 0.210. The number of hydrogen-bond donors (Lipinski definition) is 1. The van der Waals surface area contributed by atoms with E-state index in [0.29, 0.717) is 28.0 Å². The number of amides is 1. The lowest BCUT2D eigenvalue weighted by atomic mass is 9.86. The first kappa shape index (κ1) is 19.5. The van der Waals surface area contributed by atoms with E-state index >= 15 is 0 Å². The molecule has 0 spiro atoms. The van der Waals surface area contributed by atoms with Crippen LogP contribution < -0.4 is 14.8 Å². The van der Waals surface area contributed by atoms with E-state index in [1.165, 1.54) is 29.4 Å². The van der Waals surface area contributed by atoms with E-state index in [-0.39, 0.29) is 12.7 Å². The third-order valence-corrected chi connectivity index (χ3v) is 6.56. The molecule has 1 aliphatic carbocycles. The number of carbonyl (C=O) groups is 2. The van der Waals surface area contributed by atoms with Gasteiger partial charge in [0.25, 0.3) is 0 Å². The summed E-state index contributed by atoms with van der Waals surface area (Å²) in [5.74, 6) is 1.30. The predicted octanol–water partition coefficient (Wildman–Crippen LogP) is 4.43. The van der Waals surface area contributed by atoms with Gasteiger partial charge in [-0.3, -0.25) is 4.79 Å². The normalized spacial score (nSPS) is 17.2. The van der Waals surface area contributed by atoms with Gasteiger partial charge in [-0.05, 0) is 54.5 Å². The van der Waals surface area contributed by atoms with Gasteiger partial charge < -0.3 is 19.5 Å². The van der Waals surface area contributed by atoms with E-state index in [9.17, 15) is 9.59 Å². The molecule has 7 heteroatoms. The van der Waals surface area contributed by atoms with Crippen molar-refractivity contribution in [2.45, 2.75) is 32.6 Å². The second kappa shape index (κ2) is 8.29. The summed E-state index contributed by atoms with van der Waals surface area (Å²) >= 11 is 1.49. The lowest BCUT2D eigenvalue weighted by Gasteiger charge is -2.20. The largest absolute Gasteiger partial charge is 0.465 e. The molecule has 152 valence electrons. The first-order chi connectivity index (χ1) is 14.1. The molecule has 2 heterocycles. The Morgan fingerprint density at radius 2 is 2.14 bits per heavy atom. The maximum atomic E-state index is 12.5. The number of thiophene rings is 1. The molecule has 0 radical (unpaired) electrons. The van der Waals surface area contributed by atoms with Gasteiger partial charge in [-0.15, -0.1) is 11.3 Å². The summed E-state index contributed by atoms with van der Waals surface area (Å²) in [7, 11) is 1.37. The minimum atomic E-state index is -0.396. The SMILES string of the molecule is CC[C@H]1CCc2c(sc(NC(=O)/C=C/c3ccc4c(c3)OCO4)c2C(=O)OC)C1. The van der Waals surface area contributed by atoms with Crippen molar-refractivity contribution in [3.05, 3.63) is 45.8 Å². The standard InChI is InChI=1S/C22H23NO5S/c1-3-13-4-7-15-18(11-13)29-21(20(15)22(25)26-2)23-19(24)9-6-14-5-8-16-17(10-14)28-12-27-16/h5-6,8-10,13H,3-4,7,11-12H2,1-2H3,(H,23,24)/b9-6+/t13-/m0/s1. The Kier molecular flexibility index (Phi) is 5.58. The number of hydrogen-bond acceptors (Lipinski definition) is 6. The van der Waals surface area contributed by atoms with Crippen LogP contribution >= 0.6 is 11.3 Å². The van der Waals surface area contributed by atoms with Gasteiger partial charge >= 0.3 is 5.97 Å². The molecule has 2 aliphatic rings. The topological polar surface area (TPSA) is 73.9 Å². The molecule has 0 fully saturated rings. The van der Waals surface area contributed by atoms with Gasteiger partial charge in [-0.25, -0.2) is 4.79 Å². The second-order valence-corrected chi connectivity index (χ2v) is 8.26. The molecule has 0 saturated heterocycles. The smallest absolute Gasteiger partial charge is 0.341 e. The molecule has 1 aromatic heterocycles. The average Bonchev–Trinajstić information content (AvgIpc) is 3.34. The van der Waals surface area contributed by atoms with Crippen molar-refractivity contribution in [2.24, 2.45) is 5.92 Å². The highest BCUT2D eigenvalue weighted by molar-refractivity contribution is 7.17. The number of methoxy groups -OCH3 is 1. The van der Waals surface area contributed by atoms with Crippen LogP contribution in [0.4, 0.5) is 5.00 Å². The number of anilines is 1. The Bertz CT molecular complexity index is 978. The van der Waals surface area contributed by atoms with Crippen molar-refractivity contribution in [1.82, 2.24) is 0 Å². The third kappa shape index (κ3) is 4.00. The number of rotatable bonds is 5. The Labute approximate surface area is 173 Å². The number of nitrogens with one attached hydrogen (secondary N) is 1. The van der Waals surface area contributed by atoms with Gasteiger partial charge in [0.15, 0.2) is 11.5 Å². The highest BCUT2D eigenvalue weighted by Gasteiger charge is 2.29. The van der Waals surface area contributed by atoms with E-state index in [2.05, 4.69) is 12.2 Å². The van der Waals surface area contributed by atoms with Gasteiger partial charge in [0, 0.05) is 11.0 Å². The predicted molar refractivity (Wildman–Crippen MR) is 112 cm³/mol. The van der Waals surface area contributed by atoms with Crippen molar-refractivity contribution >= 4 is 34.3 Å². The summed E-state index contributed by atoms with van der Waals surface area (Å²) in [4.78, 5) is 26.1. The van der Waals surface area contributed by atoms with E-state index in [4.69, 9.17) is 14.2 Å². The molecule has 1 aliphatic heterocycles. The zero-order valence-electron chi connectivity index (χ0n) is 16.4. The monoisotopic (exact) mass is 413 g/mol. The van der Waals surface area contributed by atoms with Gasteiger partial charge in [-0.1, -0.05) is 19.4 Å². The molecule has 0 bridgehead atoms. The van der Waals surface area contributed by atoms with Gasteiger partial charge in [0.05, 0.1) is 12.7 Å². The molecular weight excluding hydrogens is 390 g/mol. The van der Waals surface area contributed by atoms with Crippen LogP contribution in [-0.4, -0.2) is 25.8 Å². The van der Waals surface area contributed by atoms with Crippen LogP contribution in [0.1, 0.15) is 46.1 Å². The summed E-state index contributed by atoms with van der Waals surface area (Å²) < 4.78 is 15.6. The summed E-state index contributed by atoms with van der Waals surface area (Å²) in [6.45, 7) is 2.40. The van der Waals surface area contributed by atoms with Crippen LogP contribution in [0.5, 0.6) is 11.5 Å². The van der Waals surface area contributed by atoms with E-state index in [1.54, 1.807) is 6.08 Å². The summed E-state index contributed by atoms with van der Waals surface area (Å²) in [6.07, 6.45) is 7.12.